The third kappa shape index (κ3) is 21.2. The largest absolute Gasteiger partial charge is 0.478 e. The maximum Gasteiger partial charge on any atom is 0.330 e. The Morgan fingerprint density at radius 2 is 1.25 bits per heavy atom. The highest BCUT2D eigenvalue weighted by Gasteiger charge is 2.05. The summed E-state index contributed by atoms with van der Waals surface area (Å²) >= 11 is 0. The van der Waals surface area contributed by atoms with E-state index in [0.717, 1.165) is 0 Å². The van der Waals surface area contributed by atoms with Crippen molar-refractivity contribution in [1.29, 1.82) is 0 Å². The van der Waals surface area contributed by atoms with Crippen molar-refractivity contribution in [2.75, 3.05) is 72.7 Å². The van der Waals surface area contributed by atoms with Crippen molar-refractivity contribution in [2.45, 2.75) is 13.2 Å². The summed E-state index contributed by atoms with van der Waals surface area (Å²) in [6, 6.07) is 9.07. The molecule has 10 heteroatoms. The minimum atomic E-state index is -1.00. The van der Waals surface area contributed by atoms with E-state index in [1.54, 1.807) is 12.1 Å². The van der Waals surface area contributed by atoms with Crippen LogP contribution in [0.2, 0.25) is 0 Å². The molecule has 184 valence electrons. The Morgan fingerprint density at radius 1 is 0.844 bits per heavy atom. The van der Waals surface area contributed by atoms with Crippen molar-refractivity contribution in [3.63, 3.8) is 0 Å². The maximum atomic E-state index is 9.67. The Morgan fingerprint density at radius 3 is 1.66 bits per heavy atom. The van der Waals surface area contributed by atoms with Crippen LogP contribution in [0.25, 0.3) is 0 Å². The molecule has 0 amide bonds. The van der Waals surface area contributed by atoms with Gasteiger partial charge in [0.05, 0.1) is 66.1 Å². The van der Waals surface area contributed by atoms with Crippen LogP contribution in [0.3, 0.4) is 0 Å². The fourth-order valence-electron chi connectivity index (χ4n) is 1.82. The molecule has 0 spiro atoms. The predicted octanol–water partition coefficient (Wildman–Crippen LogP) is 1.11. The summed E-state index contributed by atoms with van der Waals surface area (Å²) in [6.45, 7) is 8.69. The number of aliphatic hydroxyl groups excluding tert-OH is 2. The van der Waals surface area contributed by atoms with E-state index in [1.807, 2.05) is 18.2 Å². The zero-order chi connectivity index (χ0) is 23.9. The van der Waals surface area contributed by atoms with E-state index in [-0.39, 0.29) is 18.8 Å². The van der Waals surface area contributed by atoms with Crippen molar-refractivity contribution in [1.82, 2.24) is 0 Å². The Bertz CT molecular complexity index is 555. The van der Waals surface area contributed by atoms with Crippen molar-refractivity contribution in [3.05, 3.63) is 42.5 Å². The van der Waals surface area contributed by atoms with Gasteiger partial charge in [0.1, 0.15) is 12.4 Å². The number of carboxylic acids is 1. The first-order chi connectivity index (χ1) is 15.5. The monoisotopic (exact) mass is 460 g/mol. The molecule has 32 heavy (non-hydrogen) atoms. The normalized spacial score (nSPS) is 11.3. The molecule has 0 radical (unpaired) electrons. The van der Waals surface area contributed by atoms with Crippen molar-refractivity contribution >= 4 is 5.97 Å². The Hall–Kier alpha value is -2.05. The molecule has 10 nitrogen and oxygen atoms in total. The minimum Gasteiger partial charge on any atom is -0.478 e. The Labute approximate surface area is 189 Å². The lowest BCUT2D eigenvalue weighted by Crippen LogP contribution is -2.23. The third-order valence-electron chi connectivity index (χ3n) is 3.36. The molecule has 0 aliphatic carbocycles. The van der Waals surface area contributed by atoms with Crippen LogP contribution >= 0.6 is 0 Å². The van der Waals surface area contributed by atoms with Crippen LogP contribution in [-0.2, 0) is 28.5 Å². The number of hydrogen-bond acceptors (Lipinski definition) is 9. The molecule has 0 saturated carbocycles. The quantitative estimate of drug-likeness (QED) is 0.157. The number of para-hydroxylation sites is 1. The molecule has 0 fully saturated rings. The first kappa shape index (κ1) is 29.9. The molecular weight excluding hydrogens is 424 g/mol. The van der Waals surface area contributed by atoms with Crippen molar-refractivity contribution < 1.29 is 48.5 Å². The fourth-order valence-corrected chi connectivity index (χ4v) is 1.82. The number of hydrogen-bond donors (Lipinski definition) is 3. The van der Waals surface area contributed by atoms with Gasteiger partial charge in [-0.3, -0.25) is 0 Å². The lowest BCUT2D eigenvalue weighted by molar-refractivity contribution is -0.132. The van der Waals surface area contributed by atoms with E-state index in [2.05, 4.69) is 6.58 Å². The first-order valence-electron chi connectivity index (χ1n) is 10.3. The first-order valence-corrected chi connectivity index (χ1v) is 10.3. The Kier molecular flexibility index (Phi) is 20.7. The van der Waals surface area contributed by atoms with E-state index < -0.39 is 12.3 Å². The van der Waals surface area contributed by atoms with Gasteiger partial charge in [-0.2, -0.15) is 0 Å². The molecule has 0 heterocycles. The van der Waals surface area contributed by atoms with Gasteiger partial charge in [0, 0.05) is 5.57 Å². The van der Waals surface area contributed by atoms with Gasteiger partial charge in [0.25, 0.3) is 0 Å². The van der Waals surface area contributed by atoms with Crippen LogP contribution < -0.4 is 4.74 Å². The molecule has 1 aromatic rings. The van der Waals surface area contributed by atoms with E-state index in [1.165, 1.54) is 6.92 Å². The van der Waals surface area contributed by atoms with Gasteiger partial charge >= 0.3 is 5.97 Å². The van der Waals surface area contributed by atoms with Gasteiger partial charge in [-0.15, -0.1) is 0 Å². The average Bonchev–Trinajstić information content (AvgIpc) is 2.77. The molecule has 1 rings (SSSR count). The number of aliphatic carboxylic acids is 1. The summed E-state index contributed by atoms with van der Waals surface area (Å²) < 4.78 is 31.6. The van der Waals surface area contributed by atoms with Crippen LogP contribution in [0, 0.1) is 0 Å². The van der Waals surface area contributed by atoms with Gasteiger partial charge in [0.15, 0.2) is 0 Å². The highest BCUT2D eigenvalue weighted by molar-refractivity contribution is 5.84. The lowest BCUT2D eigenvalue weighted by Gasteiger charge is -2.13. The van der Waals surface area contributed by atoms with E-state index >= 15 is 0 Å². The summed E-state index contributed by atoms with van der Waals surface area (Å²) in [5.41, 5.74) is 0.176. The third-order valence-corrected chi connectivity index (χ3v) is 3.36. The number of benzene rings is 1. The zero-order valence-corrected chi connectivity index (χ0v) is 18.6. The molecule has 3 N–H and O–H groups in total. The van der Waals surface area contributed by atoms with Crippen LogP contribution in [0.1, 0.15) is 6.92 Å². The number of carboxylic acid groups (broad SMARTS) is 1. The van der Waals surface area contributed by atoms with E-state index in [0.29, 0.717) is 65.2 Å². The number of carbonyl (C=O) groups is 1. The molecule has 0 saturated heterocycles. The number of ether oxygens (including phenoxy) is 6. The fraction of sp³-hybridized carbons (Fsp3) is 0.591. The molecule has 1 unspecified atom stereocenters. The second kappa shape index (κ2) is 22.2. The topological polar surface area (TPSA) is 133 Å². The second-order valence-corrected chi connectivity index (χ2v) is 6.22. The average molecular weight is 461 g/mol. The molecule has 0 aliphatic rings. The highest BCUT2D eigenvalue weighted by Crippen LogP contribution is 2.09. The van der Waals surface area contributed by atoms with Crippen LogP contribution in [-0.4, -0.2) is 100 Å². The van der Waals surface area contributed by atoms with Crippen molar-refractivity contribution in [2.24, 2.45) is 0 Å². The van der Waals surface area contributed by atoms with Crippen molar-refractivity contribution in [3.8, 4) is 5.75 Å². The van der Waals surface area contributed by atoms with Gasteiger partial charge in [0.2, 0.25) is 6.29 Å². The van der Waals surface area contributed by atoms with Crippen LogP contribution in [0.5, 0.6) is 5.75 Å². The SMILES string of the molecule is C=C(C)C(=O)O.OCCOCCOCCOCCOCCOCC(O)Oc1ccccc1. The molecule has 0 aliphatic heterocycles. The number of rotatable bonds is 19. The minimum absolute atomic E-state index is 0.0240. The van der Waals surface area contributed by atoms with Crippen LogP contribution in [0.15, 0.2) is 42.5 Å². The summed E-state index contributed by atoms with van der Waals surface area (Å²) in [5.74, 6) is -0.339. The highest BCUT2D eigenvalue weighted by atomic mass is 16.6. The Balaban J connectivity index is 0.00000140. The van der Waals surface area contributed by atoms with Gasteiger partial charge in [-0.05, 0) is 19.1 Å². The molecule has 1 aromatic carbocycles. The summed E-state index contributed by atoms with van der Waals surface area (Å²) in [4.78, 5) is 9.60. The van der Waals surface area contributed by atoms with Gasteiger partial charge in [-0.1, -0.05) is 24.8 Å². The molecular formula is C22H36O10. The smallest absolute Gasteiger partial charge is 0.330 e. The molecule has 0 bridgehead atoms. The number of aliphatic hydroxyl groups is 2. The standard InChI is InChI=1S/C18H30O8.C4H6O2/c19-6-7-21-8-9-22-10-11-23-12-13-24-14-15-25-16-18(20)26-17-4-2-1-3-5-17;1-3(2)4(5)6/h1-5,18-20H,6-16H2;1H2,2H3,(H,5,6). The summed E-state index contributed by atoms with van der Waals surface area (Å²) in [7, 11) is 0. The van der Waals surface area contributed by atoms with E-state index in [4.69, 9.17) is 38.6 Å². The predicted molar refractivity (Wildman–Crippen MR) is 117 cm³/mol. The molecule has 1 atom stereocenters. The maximum absolute atomic E-state index is 9.67. The molecule has 0 aromatic heterocycles. The van der Waals surface area contributed by atoms with Gasteiger partial charge in [-0.25, -0.2) is 4.79 Å². The lowest BCUT2D eigenvalue weighted by atomic mass is 10.3. The summed E-state index contributed by atoms with van der Waals surface area (Å²) in [6.07, 6.45) is -1.00. The van der Waals surface area contributed by atoms with E-state index in [9.17, 15) is 9.90 Å². The zero-order valence-electron chi connectivity index (χ0n) is 18.6. The summed E-state index contributed by atoms with van der Waals surface area (Å²) in [5, 5.41) is 26.1. The van der Waals surface area contributed by atoms with Gasteiger partial charge < -0.3 is 43.7 Å². The second-order valence-electron chi connectivity index (χ2n) is 6.22. The van der Waals surface area contributed by atoms with Crippen LogP contribution in [0.4, 0.5) is 0 Å².